The minimum atomic E-state index is 0.106. The van der Waals surface area contributed by atoms with Crippen LogP contribution < -0.4 is 0 Å². The van der Waals surface area contributed by atoms with Gasteiger partial charge >= 0.3 is 0 Å². The molecule has 0 radical (unpaired) electrons. The van der Waals surface area contributed by atoms with Crippen LogP contribution in [0.25, 0.3) is 0 Å². The normalized spacial score (nSPS) is 36.0. The van der Waals surface area contributed by atoms with Crippen molar-refractivity contribution < 1.29 is 5.11 Å². The molecule has 3 aliphatic rings. The summed E-state index contributed by atoms with van der Waals surface area (Å²) in [5, 5.41) is 10.3. The van der Waals surface area contributed by atoms with Gasteiger partial charge < -0.3 is 5.11 Å². The van der Waals surface area contributed by atoms with E-state index in [0.717, 1.165) is 18.5 Å². The van der Waals surface area contributed by atoms with E-state index < -0.39 is 0 Å². The maximum absolute atomic E-state index is 10.3. The van der Waals surface area contributed by atoms with E-state index in [0.29, 0.717) is 12.6 Å². The highest BCUT2D eigenvalue weighted by Crippen LogP contribution is 2.53. The fraction of sp³-hybridized carbons (Fsp3) is 0.684. The summed E-state index contributed by atoms with van der Waals surface area (Å²) in [5.41, 5.74) is 1.50. The summed E-state index contributed by atoms with van der Waals surface area (Å²) in [6.07, 6.45) is 7.59. The number of rotatable bonds is 4. The van der Waals surface area contributed by atoms with Crippen molar-refractivity contribution in [1.82, 2.24) is 4.90 Å². The summed E-state index contributed by atoms with van der Waals surface area (Å²) in [4.78, 5) is 2.85. The van der Waals surface area contributed by atoms with Gasteiger partial charge in [-0.15, -0.1) is 0 Å². The van der Waals surface area contributed by atoms with E-state index in [1.165, 1.54) is 49.2 Å². The standard InChI is InChI=1S/C19H27NOS/c21-14-19(12-15-4-2-1-3-5-15)13-17-6-7-18(19)20(17)16-8-10-22-11-9-16/h1-5,16-18,21H,6-14H2/t17-,18+,19-/m1/s1. The first kappa shape index (κ1) is 15.0. The van der Waals surface area contributed by atoms with Crippen LogP contribution >= 0.6 is 11.8 Å². The summed E-state index contributed by atoms with van der Waals surface area (Å²) >= 11 is 2.11. The van der Waals surface area contributed by atoms with E-state index in [1.54, 1.807) is 0 Å². The van der Waals surface area contributed by atoms with Crippen LogP contribution in [0.1, 0.15) is 37.7 Å². The van der Waals surface area contributed by atoms with Crippen LogP contribution in [0.4, 0.5) is 0 Å². The van der Waals surface area contributed by atoms with E-state index in [2.05, 4.69) is 47.0 Å². The SMILES string of the molecule is OC[C@@]1(Cc2ccccc2)C[C@H]2CC[C@@H]1N2C1CCSCC1. The second-order valence-corrected chi connectivity index (χ2v) is 8.65. The Kier molecular flexibility index (Phi) is 4.23. The molecule has 2 bridgehead atoms. The van der Waals surface area contributed by atoms with Gasteiger partial charge in [0.2, 0.25) is 0 Å². The lowest BCUT2D eigenvalue weighted by molar-refractivity contribution is 0.0627. The highest BCUT2D eigenvalue weighted by atomic mass is 32.2. The second-order valence-electron chi connectivity index (χ2n) is 7.42. The van der Waals surface area contributed by atoms with Gasteiger partial charge in [0, 0.05) is 23.5 Å². The zero-order valence-electron chi connectivity index (χ0n) is 13.3. The van der Waals surface area contributed by atoms with E-state index in [1.807, 2.05) is 0 Å². The molecule has 2 nitrogen and oxygen atoms in total. The van der Waals surface area contributed by atoms with Crippen molar-refractivity contribution in [3.8, 4) is 0 Å². The Morgan fingerprint density at radius 3 is 2.55 bits per heavy atom. The van der Waals surface area contributed by atoms with Crippen molar-refractivity contribution in [3.63, 3.8) is 0 Å². The third kappa shape index (κ3) is 2.51. The van der Waals surface area contributed by atoms with Crippen LogP contribution in [-0.4, -0.2) is 46.2 Å². The first-order valence-electron chi connectivity index (χ1n) is 8.82. The molecule has 0 spiro atoms. The summed E-state index contributed by atoms with van der Waals surface area (Å²) in [6, 6.07) is 12.9. The molecule has 0 aromatic heterocycles. The molecular weight excluding hydrogens is 290 g/mol. The molecule has 22 heavy (non-hydrogen) atoms. The Morgan fingerprint density at radius 2 is 1.82 bits per heavy atom. The molecule has 4 rings (SSSR count). The fourth-order valence-electron chi connectivity index (χ4n) is 5.29. The Morgan fingerprint density at radius 1 is 1.05 bits per heavy atom. The maximum atomic E-state index is 10.3. The summed E-state index contributed by atoms with van der Waals surface area (Å²) in [7, 11) is 0. The maximum Gasteiger partial charge on any atom is 0.0506 e. The van der Waals surface area contributed by atoms with Crippen LogP contribution in [0.2, 0.25) is 0 Å². The Hall–Kier alpha value is -0.510. The van der Waals surface area contributed by atoms with Gasteiger partial charge in [-0.25, -0.2) is 0 Å². The van der Waals surface area contributed by atoms with Crippen molar-refractivity contribution in [2.45, 2.75) is 56.7 Å². The van der Waals surface area contributed by atoms with Crippen LogP contribution in [0.3, 0.4) is 0 Å². The molecule has 0 aliphatic carbocycles. The van der Waals surface area contributed by atoms with E-state index in [9.17, 15) is 5.11 Å². The third-order valence-corrected chi connectivity index (χ3v) is 7.28. The molecule has 3 saturated heterocycles. The molecule has 3 heteroatoms. The van der Waals surface area contributed by atoms with Crippen LogP contribution in [0.5, 0.6) is 0 Å². The summed E-state index contributed by atoms with van der Waals surface area (Å²) < 4.78 is 0. The smallest absolute Gasteiger partial charge is 0.0506 e. The molecule has 1 aromatic carbocycles. The topological polar surface area (TPSA) is 23.5 Å². The van der Waals surface area contributed by atoms with Gasteiger partial charge in [-0.05, 0) is 55.6 Å². The fourth-order valence-corrected chi connectivity index (χ4v) is 6.37. The minimum absolute atomic E-state index is 0.106. The Bertz CT molecular complexity index is 501. The summed E-state index contributed by atoms with van der Waals surface area (Å²) in [6.45, 7) is 0.348. The molecule has 0 unspecified atom stereocenters. The largest absolute Gasteiger partial charge is 0.396 e. The third-order valence-electron chi connectivity index (χ3n) is 6.23. The number of benzene rings is 1. The highest BCUT2D eigenvalue weighted by Gasteiger charge is 2.56. The average molecular weight is 317 g/mol. The van der Waals surface area contributed by atoms with Gasteiger partial charge in [-0.3, -0.25) is 4.90 Å². The predicted octanol–water partition coefficient (Wildman–Crippen LogP) is 3.34. The molecule has 3 fully saturated rings. The van der Waals surface area contributed by atoms with Crippen molar-refractivity contribution >= 4 is 11.8 Å². The number of hydrogen-bond donors (Lipinski definition) is 1. The highest BCUT2D eigenvalue weighted by molar-refractivity contribution is 7.99. The van der Waals surface area contributed by atoms with Crippen molar-refractivity contribution in [2.24, 2.45) is 5.41 Å². The molecule has 1 N–H and O–H groups in total. The quantitative estimate of drug-likeness (QED) is 0.921. The lowest BCUT2D eigenvalue weighted by Gasteiger charge is -2.39. The number of thioether (sulfide) groups is 1. The number of fused-ring (bicyclic) bond motifs is 2. The van der Waals surface area contributed by atoms with Crippen molar-refractivity contribution in [2.75, 3.05) is 18.1 Å². The number of nitrogens with zero attached hydrogens (tertiary/aromatic N) is 1. The van der Waals surface area contributed by atoms with Gasteiger partial charge in [0.15, 0.2) is 0 Å². The molecule has 0 amide bonds. The molecular formula is C19H27NOS. The average Bonchev–Trinajstić information content (AvgIpc) is 3.12. The van der Waals surface area contributed by atoms with Gasteiger partial charge in [0.1, 0.15) is 0 Å². The van der Waals surface area contributed by atoms with Crippen molar-refractivity contribution in [3.05, 3.63) is 35.9 Å². The first-order chi connectivity index (χ1) is 10.8. The number of hydrogen-bond acceptors (Lipinski definition) is 3. The van der Waals surface area contributed by atoms with E-state index in [4.69, 9.17) is 0 Å². The molecule has 3 aliphatic heterocycles. The summed E-state index contributed by atoms with van der Waals surface area (Å²) in [5.74, 6) is 2.65. The Balaban J connectivity index is 1.56. The molecule has 120 valence electrons. The predicted molar refractivity (Wildman–Crippen MR) is 93.3 cm³/mol. The van der Waals surface area contributed by atoms with Crippen LogP contribution in [-0.2, 0) is 6.42 Å². The minimum Gasteiger partial charge on any atom is -0.396 e. The van der Waals surface area contributed by atoms with Gasteiger partial charge in [-0.2, -0.15) is 11.8 Å². The van der Waals surface area contributed by atoms with Gasteiger partial charge in [-0.1, -0.05) is 30.3 Å². The van der Waals surface area contributed by atoms with E-state index in [-0.39, 0.29) is 5.41 Å². The first-order valence-corrected chi connectivity index (χ1v) is 9.98. The lowest BCUT2D eigenvalue weighted by atomic mass is 9.70. The zero-order valence-corrected chi connectivity index (χ0v) is 14.1. The van der Waals surface area contributed by atoms with Crippen molar-refractivity contribution in [1.29, 1.82) is 0 Å². The van der Waals surface area contributed by atoms with Crippen LogP contribution in [0, 0.1) is 5.41 Å². The van der Waals surface area contributed by atoms with Gasteiger partial charge in [0.05, 0.1) is 6.61 Å². The monoisotopic (exact) mass is 317 g/mol. The van der Waals surface area contributed by atoms with Gasteiger partial charge in [0.25, 0.3) is 0 Å². The molecule has 3 atom stereocenters. The molecule has 3 heterocycles. The molecule has 0 saturated carbocycles. The number of aliphatic hydroxyl groups excluding tert-OH is 1. The second kappa shape index (κ2) is 6.18. The zero-order chi connectivity index (χ0) is 15.0. The van der Waals surface area contributed by atoms with E-state index >= 15 is 0 Å². The lowest BCUT2D eigenvalue weighted by Crippen LogP contribution is -2.46. The Labute approximate surface area is 138 Å². The number of aliphatic hydroxyl groups is 1. The van der Waals surface area contributed by atoms with Crippen LogP contribution in [0.15, 0.2) is 30.3 Å². The molecule has 1 aromatic rings.